The first-order valence-corrected chi connectivity index (χ1v) is 7.77. The summed E-state index contributed by atoms with van der Waals surface area (Å²) >= 11 is 0. The minimum atomic E-state index is -2.90. The van der Waals surface area contributed by atoms with Gasteiger partial charge in [0.25, 0.3) is 0 Å². The van der Waals surface area contributed by atoms with E-state index < -0.39 is 9.84 Å². The van der Waals surface area contributed by atoms with Gasteiger partial charge in [0.05, 0.1) is 11.0 Å². The molecule has 2 rings (SSSR count). The molecule has 1 fully saturated rings. The lowest BCUT2D eigenvalue weighted by atomic mass is 10.1. The zero-order valence-electron chi connectivity index (χ0n) is 10.3. The normalized spacial score (nSPS) is 21.7. The number of hydrogen-bond donors (Lipinski definition) is 1. The summed E-state index contributed by atoms with van der Waals surface area (Å²) in [7, 11) is -2.90. The Morgan fingerprint density at radius 1 is 1.33 bits per heavy atom. The highest BCUT2D eigenvalue weighted by molar-refractivity contribution is 7.92. The van der Waals surface area contributed by atoms with E-state index in [1.54, 1.807) is 24.3 Å². The number of carbonyl (C=O) groups excluding carboxylic acids is 1. The average molecular weight is 267 g/mol. The van der Waals surface area contributed by atoms with E-state index in [0.717, 1.165) is 18.5 Å². The molecule has 0 saturated carbocycles. The predicted molar refractivity (Wildman–Crippen MR) is 71.7 cm³/mol. The maximum absolute atomic E-state index is 11.6. The standard InChI is InChI=1S/C13H17NO3S/c1-10(15)11-4-6-12(7-5-11)14-9-13-3-2-8-18(13,16)17/h4-7,13-14H,2-3,8-9H2,1H3. The maximum atomic E-state index is 11.6. The highest BCUT2D eigenvalue weighted by Crippen LogP contribution is 2.20. The molecule has 1 N–H and O–H groups in total. The Bertz CT molecular complexity index is 534. The molecule has 0 bridgehead atoms. The molecule has 18 heavy (non-hydrogen) atoms. The largest absolute Gasteiger partial charge is 0.384 e. The molecule has 98 valence electrons. The second kappa shape index (κ2) is 5.10. The fraction of sp³-hybridized carbons (Fsp3) is 0.462. The molecule has 0 radical (unpaired) electrons. The van der Waals surface area contributed by atoms with Crippen molar-refractivity contribution in [1.29, 1.82) is 0 Å². The molecule has 1 aromatic carbocycles. The van der Waals surface area contributed by atoms with Gasteiger partial charge in [0.2, 0.25) is 0 Å². The summed E-state index contributed by atoms with van der Waals surface area (Å²) in [5, 5.41) is 2.84. The Morgan fingerprint density at radius 3 is 2.50 bits per heavy atom. The number of nitrogens with one attached hydrogen (secondary N) is 1. The van der Waals surface area contributed by atoms with Crippen molar-refractivity contribution in [2.75, 3.05) is 17.6 Å². The molecule has 0 amide bonds. The monoisotopic (exact) mass is 267 g/mol. The Balaban J connectivity index is 1.96. The van der Waals surface area contributed by atoms with E-state index in [0.29, 0.717) is 17.9 Å². The van der Waals surface area contributed by atoms with Crippen LogP contribution in [0.15, 0.2) is 24.3 Å². The number of benzene rings is 1. The SMILES string of the molecule is CC(=O)c1ccc(NCC2CCCS2(=O)=O)cc1. The third-order valence-electron chi connectivity index (χ3n) is 3.29. The minimum Gasteiger partial charge on any atom is -0.384 e. The van der Waals surface area contributed by atoms with E-state index in [1.165, 1.54) is 6.92 Å². The molecule has 4 nitrogen and oxygen atoms in total. The predicted octanol–water partition coefficient (Wildman–Crippen LogP) is 1.88. The average Bonchev–Trinajstić information content (AvgIpc) is 2.66. The Morgan fingerprint density at radius 2 is 2.00 bits per heavy atom. The van der Waals surface area contributed by atoms with Crippen LogP contribution < -0.4 is 5.32 Å². The second-order valence-corrected chi connectivity index (χ2v) is 7.05. The van der Waals surface area contributed by atoms with Gasteiger partial charge in [0.1, 0.15) is 0 Å². The summed E-state index contributed by atoms with van der Waals surface area (Å²) in [6.07, 6.45) is 1.50. The number of anilines is 1. The van der Waals surface area contributed by atoms with E-state index in [2.05, 4.69) is 5.32 Å². The van der Waals surface area contributed by atoms with E-state index in [1.807, 2.05) is 0 Å². The van der Waals surface area contributed by atoms with E-state index in [4.69, 9.17) is 0 Å². The summed E-state index contributed by atoms with van der Waals surface area (Å²) in [5.41, 5.74) is 1.51. The number of carbonyl (C=O) groups is 1. The summed E-state index contributed by atoms with van der Waals surface area (Å²) < 4.78 is 23.3. The van der Waals surface area contributed by atoms with Crippen LogP contribution in [0.25, 0.3) is 0 Å². The number of ketones is 1. The highest BCUT2D eigenvalue weighted by Gasteiger charge is 2.30. The van der Waals surface area contributed by atoms with Crippen molar-refractivity contribution in [2.24, 2.45) is 0 Å². The lowest BCUT2D eigenvalue weighted by Crippen LogP contribution is -2.25. The summed E-state index contributed by atoms with van der Waals surface area (Å²) in [5.74, 6) is 0.336. The van der Waals surface area contributed by atoms with Gasteiger partial charge in [-0.3, -0.25) is 4.79 Å². The molecule has 0 spiro atoms. The molecule has 1 aliphatic rings. The van der Waals surface area contributed by atoms with Gasteiger partial charge in [-0.05, 0) is 44.0 Å². The van der Waals surface area contributed by atoms with Gasteiger partial charge in [0.15, 0.2) is 15.6 Å². The molecular formula is C13H17NO3S. The third-order valence-corrected chi connectivity index (χ3v) is 5.56. The quantitative estimate of drug-likeness (QED) is 0.846. The van der Waals surface area contributed by atoms with Crippen molar-refractivity contribution in [1.82, 2.24) is 0 Å². The van der Waals surface area contributed by atoms with Crippen LogP contribution in [0, 0.1) is 0 Å². The van der Waals surface area contributed by atoms with Crippen LogP contribution in [0.4, 0.5) is 5.69 Å². The van der Waals surface area contributed by atoms with Crippen LogP contribution in [0.1, 0.15) is 30.1 Å². The topological polar surface area (TPSA) is 63.2 Å². The van der Waals surface area contributed by atoms with Gasteiger partial charge in [-0.1, -0.05) is 0 Å². The lowest BCUT2D eigenvalue weighted by molar-refractivity contribution is 0.101. The molecule has 1 heterocycles. The lowest BCUT2D eigenvalue weighted by Gasteiger charge is -2.12. The Kier molecular flexibility index (Phi) is 3.71. The first kappa shape index (κ1) is 13.1. The zero-order valence-corrected chi connectivity index (χ0v) is 11.2. The molecule has 5 heteroatoms. The van der Waals surface area contributed by atoms with Crippen LogP contribution in [-0.2, 0) is 9.84 Å². The molecule has 1 aromatic rings. The van der Waals surface area contributed by atoms with Crippen molar-refractivity contribution in [2.45, 2.75) is 25.0 Å². The van der Waals surface area contributed by atoms with Crippen molar-refractivity contribution in [3.05, 3.63) is 29.8 Å². The van der Waals surface area contributed by atoms with E-state index in [-0.39, 0.29) is 11.0 Å². The fourth-order valence-electron chi connectivity index (χ4n) is 2.14. The molecule has 1 atom stereocenters. The van der Waals surface area contributed by atoms with Crippen LogP contribution in [0.5, 0.6) is 0 Å². The number of hydrogen-bond acceptors (Lipinski definition) is 4. The van der Waals surface area contributed by atoms with Gasteiger partial charge in [-0.2, -0.15) is 0 Å². The first-order valence-electron chi connectivity index (χ1n) is 6.05. The van der Waals surface area contributed by atoms with Crippen molar-refractivity contribution in [3.8, 4) is 0 Å². The maximum Gasteiger partial charge on any atom is 0.159 e. The Hall–Kier alpha value is -1.36. The van der Waals surface area contributed by atoms with Crippen molar-refractivity contribution in [3.63, 3.8) is 0 Å². The molecule has 1 aliphatic heterocycles. The Labute approximate surface area is 107 Å². The van der Waals surface area contributed by atoms with Crippen molar-refractivity contribution >= 4 is 21.3 Å². The molecular weight excluding hydrogens is 250 g/mol. The third kappa shape index (κ3) is 2.90. The van der Waals surface area contributed by atoms with Gasteiger partial charge in [-0.15, -0.1) is 0 Å². The van der Waals surface area contributed by atoms with Crippen molar-refractivity contribution < 1.29 is 13.2 Å². The van der Waals surface area contributed by atoms with Crippen LogP contribution in [-0.4, -0.2) is 31.7 Å². The van der Waals surface area contributed by atoms with Crippen LogP contribution in [0.2, 0.25) is 0 Å². The van der Waals surface area contributed by atoms with Crippen LogP contribution >= 0.6 is 0 Å². The fourth-order valence-corrected chi connectivity index (χ4v) is 3.91. The van der Waals surface area contributed by atoms with Gasteiger partial charge < -0.3 is 5.32 Å². The van der Waals surface area contributed by atoms with Crippen LogP contribution in [0.3, 0.4) is 0 Å². The highest BCUT2D eigenvalue weighted by atomic mass is 32.2. The van der Waals surface area contributed by atoms with Gasteiger partial charge >= 0.3 is 0 Å². The first-order chi connectivity index (χ1) is 8.49. The van der Waals surface area contributed by atoms with Gasteiger partial charge in [0, 0.05) is 17.8 Å². The molecule has 1 unspecified atom stereocenters. The zero-order chi connectivity index (χ0) is 13.2. The molecule has 1 saturated heterocycles. The summed E-state index contributed by atoms with van der Waals surface area (Å²) in [4.78, 5) is 11.1. The second-order valence-electron chi connectivity index (χ2n) is 4.65. The van der Waals surface area contributed by atoms with E-state index >= 15 is 0 Å². The number of Topliss-reactive ketones (excluding diaryl/α,β-unsaturated/α-hetero) is 1. The number of sulfone groups is 1. The van der Waals surface area contributed by atoms with Gasteiger partial charge in [-0.25, -0.2) is 8.42 Å². The minimum absolute atomic E-state index is 0.0277. The molecule has 0 aromatic heterocycles. The van der Waals surface area contributed by atoms with E-state index in [9.17, 15) is 13.2 Å². The summed E-state index contributed by atoms with van der Waals surface area (Å²) in [6, 6.07) is 7.10. The summed E-state index contributed by atoms with van der Waals surface area (Å²) in [6.45, 7) is 1.97. The number of rotatable bonds is 4. The smallest absolute Gasteiger partial charge is 0.159 e. The molecule has 0 aliphatic carbocycles.